The van der Waals surface area contributed by atoms with Crippen molar-refractivity contribution in [2.75, 3.05) is 0 Å². The number of aliphatic hydroxyl groups is 1. The minimum atomic E-state index is -0.800. The summed E-state index contributed by atoms with van der Waals surface area (Å²) in [5, 5.41) is 9.22. The maximum atomic E-state index is 9.22. The second kappa shape index (κ2) is 3.55. The first kappa shape index (κ1) is 8.30. The van der Waals surface area contributed by atoms with Crippen molar-refractivity contribution in [2.45, 2.75) is 25.7 Å². The molecule has 0 fully saturated rings. The summed E-state index contributed by atoms with van der Waals surface area (Å²) in [6.07, 6.45) is 4.93. The third-order valence-electron chi connectivity index (χ3n) is 1.47. The van der Waals surface area contributed by atoms with Crippen LogP contribution in [0.2, 0.25) is 0 Å². The van der Waals surface area contributed by atoms with E-state index in [1.165, 1.54) is 6.26 Å². The van der Waals surface area contributed by atoms with Crippen LogP contribution in [-0.4, -0.2) is 17.4 Å². The van der Waals surface area contributed by atoms with E-state index in [9.17, 15) is 5.11 Å². The van der Waals surface area contributed by atoms with E-state index in [1.807, 2.05) is 13.0 Å². The van der Waals surface area contributed by atoms with Gasteiger partial charge in [0.05, 0.1) is 6.26 Å². The minimum Gasteiger partial charge on any atom is -0.469 e. The zero-order chi connectivity index (χ0) is 8.27. The van der Waals surface area contributed by atoms with Crippen molar-refractivity contribution in [3.8, 4) is 0 Å². The third-order valence-corrected chi connectivity index (χ3v) is 1.47. The van der Waals surface area contributed by atoms with Gasteiger partial charge in [-0.1, -0.05) is 6.08 Å². The smallest absolute Gasteiger partial charge is 0.219 e. The number of rotatable bonds is 2. The second-order valence-corrected chi connectivity index (χ2v) is 2.74. The van der Waals surface area contributed by atoms with Crippen molar-refractivity contribution in [3.05, 3.63) is 24.0 Å². The maximum Gasteiger partial charge on any atom is 0.219 e. The lowest BCUT2D eigenvalue weighted by molar-refractivity contribution is -0.0258. The number of nitrogens with two attached hydrogens (primary N) is 1. The summed E-state index contributed by atoms with van der Waals surface area (Å²) >= 11 is 0. The summed E-state index contributed by atoms with van der Waals surface area (Å²) in [5.41, 5.74) is 6.39. The molecule has 0 aromatic carbocycles. The van der Waals surface area contributed by atoms with Gasteiger partial charge >= 0.3 is 0 Å². The van der Waals surface area contributed by atoms with Gasteiger partial charge in [-0.05, 0) is 25.0 Å². The molecule has 0 saturated carbocycles. The van der Waals surface area contributed by atoms with Crippen LogP contribution in [0.4, 0.5) is 0 Å². The Hall–Kier alpha value is -0.800. The molecule has 1 rings (SSSR count). The highest BCUT2D eigenvalue weighted by atomic mass is 16.6. The summed E-state index contributed by atoms with van der Waals surface area (Å²) in [4.78, 5) is 0. The molecule has 62 valence electrons. The molecule has 0 amide bonds. The molecule has 2 atom stereocenters. The van der Waals surface area contributed by atoms with E-state index in [2.05, 4.69) is 0 Å². The van der Waals surface area contributed by atoms with E-state index >= 15 is 0 Å². The van der Waals surface area contributed by atoms with Crippen LogP contribution >= 0.6 is 0 Å². The second-order valence-electron chi connectivity index (χ2n) is 2.74. The van der Waals surface area contributed by atoms with Gasteiger partial charge in [0.1, 0.15) is 0 Å². The van der Waals surface area contributed by atoms with Gasteiger partial charge in [0.2, 0.25) is 6.29 Å². The summed E-state index contributed by atoms with van der Waals surface area (Å²) < 4.78 is 4.84. The first-order valence-corrected chi connectivity index (χ1v) is 3.65. The van der Waals surface area contributed by atoms with E-state index in [1.54, 1.807) is 6.08 Å². The van der Waals surface area contributed by atoms with Crippen molar-refractivity contribution in [3.63, 3.8) is 0 Å². The Bertz CT molecular complexity index is 185. The molecular weight excluding hydrogens is 142 g/mol. The molecule has 3 nitrogen and oxygen atoms in total. The molecule has 0 saturated heterocycles. The molecule has 0 aromatic heterocycles. The van der Waals surface area contributed by atoms with Crippen LogP contribution in [-0.2, 0) is 4.74 Å². The summed E-state index contributed by atoms with van der Waals surface area (Å²) in [6.45, 7) is 1.89. The monoisotopic (exact) mass is 155 g/mol. The van der Waals surface area contributed by atoms with Gasteiger partial charge in [-0.2, -0.15) is 0 Å². The molecular formula is C8H13NO2. The number of aliphatic hydroxyl groups excluding tert-OH is 1. The summed E-state index contributed by atoms with van der Waals surface area (Å²) in [6, 6.07) is 0.0611. The Morgan fingerprint density at radius 2 is 2.55 bits per heavy atom. The number of hydrogen-bond acceptors (Lipinski definition) is 3. The molecule has 1 aliphatic rings. The van der Waals surface area contributed by atoms with Crippen molar-refractivity contribution >= 4 is 0 Å². The van der Waals surface area contributed by atoms with E-state index < -0.39 is 6.29 Å². The Balaban J connectivity index is 2.54. The average Bonchev–Trinajstić information content (AvgIpc) is 1.93. The summed E-state index contributed by atoms with van der Waals surface area (Å²) in [7, 11) is 0. The van der Waals surface area contributed by atoms with Crippen LogP contribution < -0.4 is 5.73 Å². The quantitative estimate of drug-likeness (QED) is 0.611. The number of allylic oxidation sites excluding steroid dienone is 2. The van der Waals surface area contributed by atoms with E-state index in [0.29, 0.717) is 6.42 Å². The van der Waals surface area contributed by atoms with Crippen LogP contribution in [0.5, 0.6) is 0 Å². The highest BCUT2D eigenvalue weighted by Crippen LogP contribution is 2.14. The molecule has 2 unspecified atom stereocenters. The lowest BCUT2D eigenvalue weighted by Gasteiger charge is -2.18. The molecule has 0 aliphatic carbocycles. The van der Waals surface area contributed by atoms with Crippen molar-refractivity contribution < 1.29 is 9.84 Å². The van der Waals surface area contributed by atoms with Crippen LogP contribution in [0, 0.1) is 0 Å². The molecule has 0 bridgehead atoms. The third kappa shape index (κ3) is 2.37. The predicted molar refractivity (Wildman–Crippen MR) is 42.6 cm³/mol. The van der Waals surface area contributed by atoms with E-state index in [4.69, 9.17) is 10.5 Å². The highest BCUT2D eigenvalue weighted by Gasteiger charge is 2.13. The van der Waals surface area contributed by atoms with Gasteiger partial charge < -0.3 is 15.6 Å². The Kier molecular flexibility index (Phi) is 2.68. The largest absolute Gasteiger partial charge is 0.469 e. The first-order valence-electron chi connectivity index (χ1n) is 3.65. The van der Waals surface area contributed by atoms with Crippen molar-refractivity contribution in [1.29, 1.82) is 0 Å². The molecule has 0 aromatic rings. The van der Waals surface area contributed by atoms with Crippen molar-refractivity contribution in [1.82, 2.24) is 0 Å². The molecule has 0 spiro atoms. The number of hydrogen-bond donors (Lipinski definition) is 2. The lowest BCUT2D eigenvalue weighted by atomic mass is 10.1. The number of ether oxygens (including phenoxy) is 1. The zero-order valence-electron chi connectivity index (χ0n) is 6.53. The van der Waals surface area contributed by atoms with Gasteiger partial charge in [-0.25, -0.2) is 0 Å². The fourth-order valence-corrected chi connectivity index (χ4v) is 0.993. The average molecular weight is 155 g/mol. The van der Waals surface area contributed by atoms with Crippen LogP contribution in [0.1, 0.15) is 13.3 Å². The van der Waals surface area contributed by atoms with E-state index in [0.717, 1.165) is 5.57 Å². The molecule has 1 aliphatic heterocycles. The highest BCUT2D eigenvalue weighted by molar-refractivity contribution is 5.17. The van der Waals surface area contributed by atoms with Crippen molar-refractivity contribution in [2.24, 2.45) is 5.73 Å². The van der Waals surface area contributed by atoms with E-state index in [-0.39, 0.29) is 6.04 Å². The first-order chi connectivity index (χ1) is 5.20. The Labute approximate surface area is 66.2 Å². The van der Waals surface area contributed by atoms with Gasteiger partial charge in [0, 0.05) is 6.04 Å². The predicted octanol–water partition coefficient (Wildman–Crippen LogP) is 0.512. The van der Waals surface area contributed by atoms with Gasteiger partial charge in [-0.15, -0.1) is 0 Å². The SMILES string of the molecule is CC(N)CC1=CC=COC1O. The molecule has 3 N–H and O–H groups in total. The minimum absolute atomic E-state index is 0.0611. The van der Waals surface area contributed by atoms with Gasteiger partial charge in [0.15, 0.2) is 0 Å². The fourth-order valence-electron chi connectivity index (χ4n) is 0.993. The molecule has 11 heavy (non-hydrogen) atoms. The molecule has 3 heteroatoms. The standard InChI is InChI=1S/C8H13NO2/c1-6(9)5-7-3-2-4-11-8(7)10/h2-4,6,8,10H,5,9H2,1H3. The Morgan fingerprint density at radius 1 is 1.82 bits per heavy atom. The normalized spacial score (nSPS) is 25.7. The van der Waals surface area contributed by atoms with Gasteiger partial charge in [-0.3, -0.25) is 0 Å². The zero-order valence-corrected chi connectivity index (χ0v) is 6.53. The molecule has 1 heterocycles. The fraction of sp³-hybridized carbons (Fsp3) is 0.500. The van der Waals surface area contributed by atoms with Crippen LogP contribution in [0.3, 0.4) is 0 Å². The maximum absolute atomic E-state index is 9.22. The topological polar surface area (TPSA) is 55.5 Å². The van der Waals surface area contributed by atoms with Crippen LogP contribution in [0.15, 0.2) is 24.0 Å². The lowest BCUT2D eigenvalue weighted by Crippen LogP contribution is -2.22. The van der Waals surface area contributed by atoms with Crippen LogP contribution in [0.25, 0.3) is 0 Å². The van der Waals surface area contributed by atoms with Gasteiger partial charge in [0.25, 0.3) is 0 Å². The summed E-state index contributed by atoms with van der Waals surface area (Å²) in [5.74, 6) is 0. The molecule has 0 radical (unpaired) electrons. The Morgan fingerprint density at radius 3 is 3.09 bits per heavy atom.